The lowest BCUT2D eigenvalue weighted by atomic mass is 10.2. The molecule has 0 unspecified atom stereocenters. The van der Waals surface area contributed by atoms with E-state index >= 15 is 0 Å². The molecule has 1 heterocycles. The first kappa shape index (κ1) is 12.4. The topological polar surface area (TPSA) is 48.1 Å². The third-order valence-corrected chi connectivity index (χ3v) is 3.51. The number of nitro benzene ring substituents is 1. The van der Waals surface area contributed by atoms with Gasteiger partial charge in [-0.2, -0.15) is 0 Å². The molecule has 4 nitrogen and oxygen atoms in total. The number of non-ortho nitro benzene ring substituents is 1. The van der Waals surface area contributed by atoms with E-state index in [0.717, 1.165) is 12.1 Å². The van der Waals surface area contributed by atoms with E-state index in [1.165, 1.54) is 16.6 Å². The summed E-state index contributed by atoms with van der Waals surface area (Å²) in [5.74, 6) is 0. The number of hydrogen-bond donors (Lipinski definition) is 0. The highest BCUT2D eigenvalue weighted by Gasteiger charge is 2.07. The quantitative estimate of drug-likeness (QED) is 0.533. The van der Waals surface area contributed by atoms with Crippen LogP contribution in [0.1, 0.15) is 11.3 Å². The lowest BCUT2D eigenvalue weighted by molar-refractivity contribution is -0.384. The lowest BCUT2D eigenvalue weighted by Crippen LogP contribution is -2.01. The number of rotatable bonds is 3. The van der Waals surface area contributed by atoms with Crippen molar-refractivity contribution in [3.63, 3.8) is 0 Å². The first-order valence-electron chi connectivity index (χ1n) is 6.43. The van der Waals surface area contributed by atoms with Gasteiger partial charge in [-0.25, -0.2) is 0 Å². The van der Waals surface area contributed by atoms with Gasteiger partial charge in [-0.1, -0.05) is 30.3 Å². The molecule has 0 bridgehead atoms. The Kier molecular flexibility index (Phi) is 2.99. The molecule has 0 aliphatic carbocycles. The van der Waals surface area contributed by atoms with E-state index in [-0.39, 0.29) is 10.6 Å². The molecule has 0 spiro atoms. The van der Waals surface area contributed by atoms with Crippen molar-refractivity contribution in [1.82, 2.24) is 4.57 Å². The van der Waals surface area contributed by atoms with Crippen molar-refractivity contribution in [1.29, 1.82) is 0 Å². The smallest absolute Gasteiger partial charge is 0.269 e. The lowest BCUT2D eigenvalue weighted by Gasteiger charge is -2.08. The number of benzene rings is 2. The van der Waals surface area contributed by atoms with Crippen molar-refractivity contribution < 1.29 is 4.92 Å². The maximum absolute atomic E-state index is 10.7. The average molecular weight is 266 g/mol. The summed E-state index contributed by atoms with van der Waals surface area (Å²) in [6.45, 7) is 2.79. The van der Waals surface area contributed by atoms with Crippen molar-refractivity contribution in [3.05, 3.63) is 76.0 Å². The van der Waals surface area contributed by atoms with E-state index in [1.54, 1.807) is 12.1 Å². The van der Waals surface area contributed by atoms with E-state index < -0.39 is 0 Å². The van der Waals surface area contributed by atoms with Gasteiger partial charge in [-0.05, 0) is 30.0 Å². The van der Waals surface area contributed by atoms with Crippen LogP contribution >= 0.6 is 0 Å². The molecule has 100 valence electrons. The summed E-state index contributed by atoms with van der Waals surface area (Å²) in [4.78, 5) is 10.3. The minimum absolute atomic E-state index is 0.128. The summed E-state index contributed by atoms with van der Waals surface area (Å²) >= 11 is 0. The molecule has 0 N–H and O–H groups in total. The highest BCUT2D eigenvalue weighted by molar-refractivity contribution is 5.81. The van der Waals surface area contributed by atoms with Gasteiger partial charge in [-0.15, -0.1) is 0 Å². The highest BCUT2D eigenvalue weighted by Crippen LogP contribution is 2.21. The Balaban J connectivity index is 1.96. The van der Waals surface area contributed by atoms with Gasteiger partial charge in [0, 0.05) is 29.9 Å². The zero-order chi connectivity index (χ0) is 14.1. The summed E-state index contributed by atoms with van der Waals surface area (Å²) in [6, 6.07) is 17.1. The van der Waals surface area contributed by atoms with Crippen molar-refractivity contribution >= 4 is 16.6 Å². The monoisotopic (exact) mass is 266 g/mol. The molecule has 0 atom stereocenters. The van der Waals surface area contributed by atoms with Crippen LogP contribution in [-0.2, 0) is 6.54 Å². The summed E-state index contributed by atoms with van der Waals surface area (Å²) in [5.41, 5.74) is 3.55. The third-order valence-electron chi connectivity index (χ3n) is 3.51. The van der Waals surface area contributed by atoms with Gasteiger partial charge in [0.05, 0.1) is 4.92 Å². The summed E-state index contributed by atoms with van der Waals surface area (Å²) < 4.78 is 2.22. The van der Waals surface area contributed by atoms with Crippen LogP contribution < -0.4 is 0 Å². The maximum atomic E-state index is 10.7. The molecule has 3 rings (SSSR count). The van der Waals surface area contributed by atoms with Crippen LogP contribution in [0.25, 0.3) is 10.9 Å². The summed E-state index contributed by atoms with van der Waals surface area (Å²) in [6.07, 6.45) is 0. The van der Waals surface area contributed by atoms with Gasteiger partial charge in [0.25, 0.3) is 5.69 Å². The Morgan fingerprint density at radius 1 is 1.10 bits per heavy atom. The fourth-order valence-electron chi connectivity index (χ4n) is 2.46. The van der Waals surface area contributed by atoms with Gasteiger partial charge in [0.15, 0.2) is 0 Å². The zero-order valence-corrected chi connectivity index (χ0v) is 11.1. The Morgan fingerprint density at radius 3 is 2.50 bits per heavy atom. The molecule has 0 aliphatic rings. The van der Waals surface area contributed by atoms with Crippen molar-refractivity contribution in [2.45, 2.75) is 13.5 Å². The van der Waals surface area contributed by atoms with Crippen molar-refractivity contribution in [3.8, 4) is 0 Å². The minimum Gasteiger partial charge on any atom is -0.340 e. The fraction of sp³-hybridized carbons (Fsp3) is 0.125. The van der Waals surface area contributed by atoms with Crippen LogP contribution in [0.15, 0.2) is 54.6 Å². The number of aromatic nitrogens is 1. The maximum Gasteiger partial charge on any atom is 0.269 e. The normalized spacial score (nSPS) is 10.8. The molecule has 0 saturated carbocycles. The van der Waals surface area contributed by atoms with Gasteiger partial charge < -0.3 is 4.57 Å². The Morgan fingerprint density at radius 2 is 1.80 bits per heavy atom. The molecule has 20 heavy (non-hydrogen) atoms. The van der Waals surface area contributed by atoms with Crippen LogP contribution in [0.3, 0.4) is 0 Å². The SMILES string of the molecule is Cc1cc2ccccc2n1Cc1ccc([N+](=O)[O-])cc1. The second-order valence-corrected chi connectivity index (χ2v) is 4.85. The Labute approximate surface area is 116 Å². The van der Waals surface area contributed by atoms with Crippen LogP contribution in [0.5, 0.6) is 0 Å². The second kappa shape index (κ2) is 4.81. The van der Waals surface area contributed by atoms with Crippen LogP contribution in [0, 0.1) is 17.0 Å². The molecule has 3 aromatic rings. The largest absolute Gasteiger partial charge is 0.340 e. The highest BCUT2D eigenvalue weighted by atomic mass is 16.6. The standard InChI is InChI=1S/C16H14N2O2/c1-12-10-14-4-2-3-5-16(14)17(12)11-13-6-8-15(9-7-13)18(19)20/h2-10H,11H2,1H3. The van der Waals surface area contributed by atoms with E-state index in [1.807, 2.05) is 24.3 Å². The number of nitro groups is 1. The average Bonchev–Trinajstić information content (AvgIpc) is 2.76. The number of para-hydroxylation sites is 1. The number of aryl methyl sites for hydroxylation is 1. The van der Waals surface area contributed by atoms with Crippen molar-refractivity contribution in [2.75, 3.05) is 0 Å². The molecule has 0 radical (unpaired) electrons. The van der Waals surface area contributed by atoms with Crippen LogP contribution in [0.4, 0.5) is 5.69 Å². The van der Waals surface area contributed by atoms with E-state index in [9.17, 15) is 10.1 Å². The molecule has 4 heteroatoms. The predicted molar refractivity (Wildman–Crippen MR) is 78.9 cm³/mol. The van der Waals surface area contributed by atoms with Crippen molar-refractivity contribution in [2.24, 2.45) is 0 Å². The van der Waals surface area contributed by atoms with Gasteiger partial charge in [0.2, 0.25) is 0 Å². The molecular formula is C16H14N2O2. The Bertz CT molecular complexity index is 773. The summed E-state index contributed by atoms with van der Waals surface area (Å²) in [7, 11) is 0. The Hall–Kier alpha value is -2.62. The van der Waals surface area contributed by atoms with E-state index in [0.29, 0.717) is 0 Å². The second-order valence-electron chi connectivity index (χ2n) is 4.85. The fourth-order valence-corrected chi connectivity index (χ4v) is 2.46. The van der Waals surface area contributed by atoms with E-state index in [2.05, 4.69) is 29.7 Å². The first-order chi connectivity index (χ1) is 9.65. The van der Waals surface area contributed by atoms with E-state index in [4.69, 9.17) is 0 Å². The van der Waals surface area contributed by atoms with Crippen LogP contribution in [-0.4, -0.2) is 9.49 Å². The molecule has 0 fully saturated rings. The summed E-state index contributed by atoms with van der Waals surface area (Å²) in [5, 5.41) is 11.9. The molecule has 2 aromatic carbocycles. The number of hydrogen-bond acceptors (Lipinski definition) is 2. The number of fused-ring (bicyclic) bond motifs is 1. The third kappa shape index (κ3) is 2.16. The number of nitrogens with zero attached hydrogens (tertiary/aromatic N) is 2. The molecule has 0 aliphatic heterocycles. The van der Waals surface area contributed by atoms with Gasteiger partial charge in [-0.3, -0.25) is 10.1 Å². The molecule has 0 amide bonds. The minimum atomic E-state index is -0.375. The zero-order valence-electron chi connectivity index (χ0n) is 11.1. The molecule has 1 aromatic heterocycles. The molecule has 0 saturated heterocycles. The van der Waals surface area contributed by atoms with Gasteiger partial charge in [0.1, 0.15) is 0 Å². The predicted octanol–water partition coefficient (Wildman–Crippen LogP) is 3.91. The van der Waals surface area contributed by atoms with Crippen LogP contribution in [0.2, 0.25) is 0 Å². The molecular weight excluding hydrogens is 252 g/mol. The first-order valence-corrected chi connectivity index (χ1v) is 6.43. The van der Waals surface area contributed by atoms with Gasteiger partial charge >= 0.3 is 0 Å².